The Balaban J connectivity index is 1.51. The third-order valence-corrected chi connectivity index (χ3v) is 16.8. The van der Waals surface area contributed by atoms with E-state index in [2.05, 4.69) is 71.2 Å². The zero-order valence-corrected chi connectivity index (χ0v) is 43.3. The summed E-state index contributed by atoms with van der Waals surface area (Å²) in [7, 11) is 0.116. The predicted molar refractivity (Wildman–Crippen MR) is 269 cm³/mol. The van der Waals surface area contributed by atoms with Gasteiger partial charge in [0.15, 0.2) is 0 Å². The topological polar surface area (TPSA) is 274 Å². The van der Waals surface area contributed by atoms with Crippen molar-refractivity contribution < 1.29 is 47.9 Å². The Morgan fingerprint density at radius 3 is 2.49 bits per heavy atom. The first-order chi connectivity index (χ1) is 33.3. The molecule has 19 heteroatoms. The van der Waals surface area contributed by atoms with E-state index in [1.54, 1.807) is 25.1 Å². The monoisotopic (exact) mass is 999 g/mol. The Morgan fingerprint density at radius 2 is 1.83 bits per heavy atom. The molecule has 11 atom stereocenters. The zero-order chi connectivity index (χ0) is 51.3. The molecular weight excluding hydrogens is 917 g/mol. The molecule has 3 heterocycles. The van der Waals surface area contributed by atoms with Gasteiger partial charge in [0.2, 0.25) is 29.5 Å². The summed E-state index contributed by atoms with van der Waals surface area (Å²) in [5.41, 5.74) is 6.37. The van der Waals surface area contributed by atoms with Crippen LogP contribution in [0.3, 0.4) is 0 Å². The Bertz CT molecular complexity index is 2120. The summed E-state index contributed by atoms with van der Waals surface area (Å²) in [5.74, 6) is -3.25. The lowest BCUT2D eigenvalue weighted by molar-refractivity contribution is -0.135. The number of fused-ring (bicyclic) bond motifs is 13. The fraction of sp³-hybridized carbons (Fsp3) is 0.725. The number of amides is 5. The lowest BCUT2D eigenvalue weighted by Crippen LogP contribution is -2.58. The summed E-state index contributed by atoms with van der Waals surface area (Å²) in [6, 6.07) is 1.32. The van der Waals surface area contributed by atoms with E-state index in [4.69, 9.17) is 10.5 Å². The van der Waals surface area contributed by atoms with E-state index in [9.17, 15) is 43.2 Å². The number of hydrogen-bond donors (Lipinski definition) is 9. The van der Waals surface area contributed by atoms with Crippen molar-refractivity contribution in [2.45, 2.75) is 159 Å². The predicted octanol–water partition coefficient (Wildman–Crippen LogP) is 2.58. The quantitative estimate of drug-likeness (QED) is 0.0920. The maximum atomic E-state index is 14.7. The van der Waals surface area contributed by atoms with Gasteiger partial charge in [-0.05, 0) is 127 Å². The number of nitrogens with two attached hydrogens (primary N) is 1. The van der Waals surface area contributed by atoms with E-state index in [1.807, 2.05) is 6.92 Å². The van der Waals surface area contributed by atoms with Gasteiger partial charge < -0.3 is 61.9 Å². The summed E-state index contributed by atoms with van der Waals surface area (Å²) >= 11 is 0. The molecule has 2 saturated carbocycles. The number of aliphatic hydroxyl groups is 2. The van der Waals surface area contributed by atoms with Gasteiger partial charge in [-0.2, -0.15) is 0 Å². The number of hydrogen-bond acceptors (Lipinski definition) is 12. The van der Waals surface area contributed by atoms with Gasteiger partial charge in [0, 0.05) is 42.0 Å². The third kappa shape index (κ3) is 15.3. The average Bonchev–Trinajstić information content (AvgIpc) is 4.08. The van der Waals surface area contributed by atoms with Crippen molar-refractivity contribution >= 4 is 57.5 Å². The minimum Gasteiger partial charge on any atom is -0.494 e. The van der Waals surface area contributed by atoms with Crippen molar-refractivity contribution in [2.24, 2.45) is 41.2 Å². The first-order valence-electron chi connectivity index (χ1n) is 25.6. The second-order valence-electron chi connectivity index (χ2n) is 21.1. The van der Waals surface area contributed by atoms with Crippen molar-refractivity contribution in [1.29, 1.82) is 0 Å². The van der Waals surface area contributed by atoms with Gasteiger partial charge in [0.05, 0.1) is 53.9 Å². The van der Waals surface area contributed by atoms with Crippen molar-refractivity contribution in [2.75, 3.05) is 45.6 Å². The molecule has 2 aromatic rings. The molecule has 392 valence electrons. The van der Waals surface area contributed by atoms with Crippen molar-refractivity contribution in [3.05, 3.63) is 23.8 Å². The number of aldehydes is 1. The van der Waals surface area contributed by atoms with Gasteiger partial charge in [-0.3, -0.25) is 28.2 Å². The van der Waals surface area contributed by atoms with Crippen LogP contribution in [0.2, 0.25) is 0 Å². The first-order valence-corrected chi connectivity index (χ1v) is 26.9. The van der Waals surface area contributed by atoms with Gasteiger partial charge in [0.25, 0.3) is 0 Å². The van der Waals surface area contributed by atoms with E-state index >= 15 is 0 Å². The minimum atomic E-state index is -2.00. The van der Waals surface area contributed by atoms with Crippen LogP contribution in [0.25, 0.3) is 10.9 Å². The number of benzene rings is 1. The van der Waals surface area contributed by atoms with E-state index in [0.717, 1.165) is 51.5 Å². The van der Waals surface area contributed by atoms with Crippen molar-refractivity contribution in [3.8, 4) is 5.75 Å². The molecule has 4 bridgehead atoms. The second kappa shape index (κ2) is 26.3. The number of aromatic amines is 1. The number of H-pyrrole nitrogens is 1. The number of nitrogens with one attached hydrogen (secondary N) is 6. The number of rotatable bonds is 19. The normalized spacial score (nSPS) is 25.8. The smallest absolute Gasteiger partial charge is 0.243 e. The van der Waals surface area contributed by atoms with Gasteiger partial charge >= 0.3 is 0 Å². The summed E-state index contributed by atoms with van der Waals surface area (Å²) in [5, 5.41) is 35.6. The highest BCUT2D eigenvalue weighted by Gasteiger charge is 2.44. The van der Waals surface area contributed by atoms with Crippen LogP contribution in [0, 0.1) is 35.5 Å². The second-order valence-corrected chi connectivity index (χ2v) is 22.6. The van der Waals surface area contributed by atoms with Gasteiger partial charge in [-0.25, -0.2) is 0 Å². The maximum absolute atomic E-state index is 14.7. The molecule has 1 aromatic carbocycles. The number of aromatic nitrogens is 1. The van der Waals surface area contributed by atoms with Gasteiger partial charge in [0.1, 0.15) is 29.1 Å². The molecule has 2 aliphatic carbocycles. The van der Waals surface area contributed by atoms with E-state index in [-0.39, 0.29) is 78.4 Å². The highest BCUT2D eigenvalue weighted by atomic mass is 32.2. The molecule has 1 aromatic heterocycles. The third-order valence-electron chi connectivity index (χ3n) is 15.3. The molecule has 10 N–H and O–H groups in total. The Labute approximate surface area is 416 Å². The molecule has 6 rings (SSSR count). The molecule has 70 heavy (non-hydrogen) atoms. The summed E-state index contributed by atoms with van der Waals surface area (Å²) in [6.07, 6.45) is 7.90. The molecule has 0 spiro atoms. The largest absolute Gasteiger partial charge is 0.494 e. The molecule has 2 fully saturated rings. The molecule has 5 amide bonds. The summed E-state index contributed by atoms with van der Waals surface area (Å²) in [4.78, 5) is 87.0. The van der Waals surface area contributed by atoms with Crippen LogP contribution in [0.5, 0.6) is 5.75 Å². The summed E-state index contributed by atoms with van der Waals surface area (Å²) in [6.45, 7) is 12.5. The first kappa shape index (κ1) is 56.5. The molecule has 3 unspecified atom stereocenters. The molecule has 18 nitrogen and oxygen atoms in total. The summed E-state index contributed by atoms with van der Waals surface area (Å²) < 4.78 is 20.8. The van der Waals surface area contributed by atoms with E-state index in [1.165, 1.54) is 0 Å². The number of ether oxygens (including phenoxy) is 1. The Morgan fingerprint density at radius 1 is 1.10 bits per heavy atom. The number of aliphatic hydroxyl groups excluding tert-OH is 2. The maximum Gasteiger partial charge on any atom is 0.243 e. The number of nitrogens with zero attached hydrogens (tertiary/aromatic N) is 1. The van der Waals surface area contributed by atoms with Crippen LogP contribution in [0.1, 0.15) is 118 Å². The molecule has 4 aliphatic rings. The molecule has 0 saturated heterocycles. The Hall–Kier alpha value is -4.43. The fourth-order valence-corrected chi connectivity index (χ4v) is 12.3. The fourth-order valence-electron chi connectivity index (χ4n) is 11.0. The van der Waals surface area contributed by atoms with Crippen LogP contribution in [0.4, 0.5) is 0 Å². The van der Waals surface area contributed by atoms with Crippen LogP contribution in [-0.2, 0) is 46.0 Å². The van der Waals surface area contributed by atoms with Crippen LogP contribution in [-0.4, -0.2) is 142 Å². The van der Waals surface area contributed by atoms with Gasteiger partial charge in [-0.15, -0.1) is 0 Å². The van der Waals surface area contributed by atoms with Crippen LogP contribution in [0.15, 0.2) is 23.2 Å². The average molecular weight is 999 g/mol. The minimum absolute atomic E-state index is 0.00686. The molecule has 0 radical (unpaired) electrons. The van der Waals surface area contributed by atoms with E-state index < -0.39 is 77.0 Å². The van der Waals surface area contributed by atoms with Gasteiger partial charge in [-0.1, -0.05) is 46.0 Å². The molecular formula is C51H82N8O10S. The Kier molecular flexibility index (Phi) is 21.2. The number of carbonyl (C=O) groups excluding carboxylic acids is 6. The highest BCUT2D eigenvalue weighted by Crippen LogP contribution is 2.44. The lowest BCUT2D eigenvalue weighted by atomic mass is 9.79. The lowest BCUT2D eigenvalue weighted by Gasteiger charge is -2.34. The van der Waals surface area contributed by atoms with E-state index in [0.29, 0.717) is 53.9 Å². The van der Waals surface area contributed by atoms with Crippen LogP contribution < -0.4 is 37.1 Å². The van der Waals surface area contributed by atoms with Crippen molar-refractivity contribution in [3.63, 3.8) is 0 Å². The SMILES string of the molecule is CC[C@@H]1C(CCCN(C)C(C)(C)C)CCOc2ccc3c(c(S(=O)C[C@@H](C=O)NC(=O)CN)[nH]c3c2)C[C@H](NC(=O)[C@@H](NC(=O)[C@@H]2C[C@@H](O)CC2C2CCCC2)[C@@H](C)CCO)C(=O)NCC(=O)N[C@@H]1C. The molecule has 2 aliphatic heterocycles. The number of carbonyl (C=O) groups is 6. The standard InChI is InChI=1S/C51H82N8O10S/c1-8-37-31(3)54-45(64)27-53-48(66)43(56-49(67)46(30(2)17-20-60)58-47(65)40-23-35(62)22-39(40)32-12-9-10-13-32)25-41-38-16-15-36(69-21-18-33(37)14-11-19-59(7)51(4,5)6)24-42(38)57-50(41)70(68)29-34(28-61)55-44(63)26-52/h15-16,24,28,30-35,37,39-40,43,46,57,60,62H,8-14,17-23,25-27,29,52H2,1-7H3,(H,53,66)(H,54,64)(H,55,63)(H,56,67)(H,58,65)/t30-,31+,33?,34+,35-,37-,39?,40+,43-,46-,70?/m0/s1. The van der Waals surface area contributed by atoms with Crippen molar-refractivity contribution in [1.82, 2.24) is 36.5 Å². The highest BCUT2D eigenvalue weighted by molar-refractivity contribution is 7.85. The van der Waals surface area contributed by atoms with Crippen LogP contribution >= 0.6 is 0 Å². The zero-order valence-electron chi connectivity index (χ0n) is 42.5.